The molecule has 0 aromatic carbocycles. The minimum atomic E-state index is -0.328. The van der Waals surface area contributed by atoms with Gasteiger partial charge in [-0.1, -0.05) is 17.8 Å². The molecule has 0 saturated carbocycles. The van der Waals surface area contributed by atoms with E-state index < -0.39 is 0 Å². The molecule has 5 rings (SSSR count). The van der Waals surface area contributed by atoms with Crippen molar-refractivity contribution in [1.29, 1.82) is 0 Å². The Kier molecular flexibility index (Phi) is 4.40. The molecule has 0 spiro atoms. The maximum Gasteiger partial charge on any atom is 0.266 e. The van der Waals surface area contributed by atoms with Gasteiger partial charge in [-0.25, -0.2) is 10.1 Å². The number of hydrogen-bond acceptors (Lipinski definition) is 7. The molecule has 1 N–H and O–H groups in total. The van der Waals surface area contributed by atoms with E-state index >= 15 is 0 Å². The molecule has 0 radical (unpaired) electrons. The van der Waals surface area contributed by atoms with Crippen molar-refractivity contribution in [2.45, 2.75) is 11.7 Å². The Morgan fingerprint density at radius 1 is 1.00 bits per heavy atom. The third-order valence-electron chi connectivity index (χ3n) is 4.74. The van der Waals surface area contributed by atoms with Crippen LogP contribution in [-0.2, 0) is 6.54 Å². The minimum Gasteiger partial charge on any atom is -0.309 e. The van der Waals surface area contributed by atoms with E-state index in [4.69, 9.17) is 0 Å². The molecule has 9 nitrogen and oxygen atoms in total. The van der Waals surface area contributed by atoms with Crippen LogP contribution < -0.4 is 11.1 Å². The van der Waals surface area contributed by atoms with Crippen LogP contribution in [0.1, 0.15) is 5.69 Å². The molecule has 0 aliphatic rings. The number of nitrogens with zero attached hydrogens (tertiary/aromatic N) is 6. The lowest BCUT2D eigenvalue weighted by atomic mass is 10.2. The minimum absolute atomic E-state index is 0.230. The predicted octanol–water partition coefficient (Wildman–Crippen LogP) is 1.98. The van der Waals surface area contributed by atoms with Gasteiger partial charge in [0, 0.05) is 18.6 Å². The molecule has 0 atom stereocenters. The van der Waals surface area contributed by atoms with Crippen LogP contribution in [0, 0.1) is 0 Å². The van der Waals surface area contributed by atoms with E-state index in [0.29, 0.717) is 39.5 Å². The Bertz CT molecular complexity index is 1510. The third-order valence-corrected chi connectivity index (χ3v) is 5.29. The fourth-order valence-corrected chi connectivity index (χ4v) is 3.57. The maximum atomic E-state index is 13.1. The van der Waals surface area contributed by atoms with Gasteiger partial charge in [0.05, 0.1) is 34.0 Å². The average molecular weight is 417 g/mol. The molecular weight excluding hydrogens is 402 g/mol. The number of hydrogen-bond donors (Lipinski definition) is 1. The monoisotopic (exact) mass is 417 g/mol. The van der Waals surface area contributed by atoms with E-state index in [-0.39, 0.29) is 11.1 Å². The Hall–Kier alpha value is -3.79. The molecule has 0 fully saturated rings. The summed E-state index contributed by atoms with van der Waals surface area (Å²) in [4.78, 5) is 39.2. The van der Waals surface area contributed by atoms with Gasteiger partial charge in [-0.05, 0) is 36.6 Å². The van der Waals surface area contributed by atoms with Gasteiger partial charge >= 0.3 is 0 Å². The van der Waals surface area contributed by atoms with Crippen molar-refractivity contribution in [1.82, 2.24) is 34.3 Å². The Morgan fingerprint density at radius 3 is 2.53 bits per heavy atom. The SMILES string of the molecule is CSc1n[nH]c(-n2ccc3nc4ccn(Cc5ccccn5)c(=O)c4cc3c2=O)n1. The first kappa shape index (κ1) is 18.3. The van der Waals surface area contributed by atoms with Crippen LogP contribution in [0.3, 0.4) is 0 Å². The first-order valence-corrected chi connectivity index (χ1v) is 10.3. The molecule has 5 aromatic rings. The summed E-state index contributed by atoms with van der Waals surface area (Å²) in [6.45, 7) is 0.336. The quantitative estimate of drug-likeness (QED) is 0.352. The van der Waals surface area contributed by atoms with E-state index in [9.17, 15) is 9.59 Å². The van der Waals surface area contributed by atoms with Gasteiger partial charge in [-0.2, -0.15) is 4.98 Å². The Balaban J connectivity index is 1.67. The largest absolute Gasteiger partial charge is 0.309 e. The van der Waals surface area contributed by atoms with E-state index in [0.717, 1.165) is 5.69 Å². The highest BCUT2D eigenvalue weighted by atomic mass is 32.2. The molecule has 0 saturated heterocycles. The summed E-state index contributed by atoms with van der Waals surface area (Å²) in [5.41, 5.74) is 1.25. The summed E-state index contributed by atoms with van der Waals surface area (Å²) in [6, 6.07) is 10.6. The first-order chi connectivity index (χ1) is 14.6. The van der Waals surface area contributed by atoms with Crippen molar-refractivity contribution in [3.05, 3.63) is 81.4 Å². The zero-order chi connectivity index (χ0) is 20.7. The van der Waals surface area contributed by atoms with Crippen molar-refractivity contribution >= 4 is 33.6 Å². The summed E-state index contributed by atoms with van der Waals surface area (Å²) < 4.78 is 2.92. The van der Waals surface area contributed by atoms with E-state index in [1.807, 2.05) is 24.5 Å². The zero-order valence-corrected chi connectivity index (χ0v) is 16.6. The third kappa shape index (κ3) is 3.07. The van der Waals surface area contributed by atoms with E-state index in [2.05, 4.69) is 25.1 Å². The fraction of sp³-hybridized carbons (Fsp3) is 0.100. The van der Waals surface area contributed by atoms with Crippen molar-refractivity contribution in [3.63, 3.8) is 0 Å². The van der Waals surface area contributed by atoms with Gasteiger partial charge in [-0.3, -0.25) is 19.1 Å². The summed E-state index contributed by atoms with van der Waals surface area (Å²) in [7, 11) is 0. The normalized spacial score (nSPS) is 11.4. The fourth-order valence-electron chi connectivity index (χ4n) is 3.26. The summed E-state index contributed by atoms with van der Waals surface area (Å²) in [6.07, 6.45) is 6.82. The van der Waals surface area contributed by atoms with Crippen LogP contribution in [0.5, 0.6) is 0 Å². The number of pyridine rings is 4. The average Bonchev–Trinajstić information content (AvgIpc) is 3.25. The van der Waals surface area contributed by atoms with Crippen molar-refractivity contribution in [3.8, 4) is 5.95 Å². The Labute approximate surface area is 173 Å². The highest BCUT2D eigenvalue weighted by molar-refractivity contribution is 7.98. The molecular formula is C20H15N7O2S. The van der Waals surface area contributed by atoms with Crippen LogP contribution in [0.2, 0.25) is 0 Å². The van der Waals surface area contributed by atoms with Crippen molar-refractivity contribution < 1.29 is 0 Å². The molecule has 10 heteroatoms. The van der Waals surface area contributed by atoms with Gasteiger partial charge < -0.3 is 4.57 Å². The lowest BCUT2D eigenvalue weighted by Crippen LogP contribution is -2.22. The maximum absolute atomic E-state index is 13.1. The van der Waals surface area contributed by atoms with Crippen molar-refractivity contribution in [2.24, 2.45) is 0 Å². The second kappa shape index (κ2) is 7.23. The molecule has 30 heavy (non-hydrogen) atoms. The number of rotatable bonds is 4. The topological polar surface area (TPSA) is 111 Å². The molecule has 0 amide bonds. The molecule has 0 unspecified atom stereocenters. The van der Waals surface area contributed by atoms with Gasteiger partial charge in [0.1, 0.15) is 0 Å². The highest BCUT2D eigenvalue weighted by Crippen LogP contribution is 2.16. The standard InChI is InChI=1S/C20H15N7O2S/c1-30-20-23-19(24-25-20)27-9-6-16-14(18(27)29)10-13-15(22-16)5-8-26(17(13)28)11-12-4-2-3-7-21-12/h2-10H,11H2,1H3,(H,23,24,25). The first-order valence-electron chi connectivity index (χ1n) is 9.06. The number of aromatic nitrogens is 7. The second-order valence-corrected chi connectivity index (χ2v) is 7.33. The number of aromatic amines is 1. The van der Waals surface area contributed by atoms with E-state index in [1.165, 1.54) is 16.3 Å². The number of thioether (sulfide) groups is 1. The smallest absolute Gasteiger partial charge is 0.266 e. The second-order valence-electron chi connectivity index (χ2n) is 6.56. The predicted molar refractivity (Wildman–Crippen MR) is 114 cm³/mol. The Morgan fingerprint density at radius 2 is 1.80 bits per heavy atom. The lowest BCUT2D eigenvalue weighted by molar-refractivity contribution is 0.746. The van der Waals surface area contributed by atoms with Crippen LogP contribution in [0.15, 0.2) is 69.7 Å². The molecule has 5 heterocycles. The highest BCUT2D eigenvalue weighted by Gasteiger charge is 2.13. The van der Waals surface area contributed by atoms with Crippen LogP contribution >= 0.6 is 11.8 Å². The molecule has 148 valence electrons. The lowest BCUT2D eigenvalue weighted by Gasteiger charge is -2.08. The summed E-state index contributed by atoms with van der Waals surface area (Å²) in [5, 5.41) is 8.03. The van der Waals surface area contributed by atoms with Gasteiger partial charge in [0.2, 0.25) is 11.1 Å². The molecule has 0 aliphatic carbocycles. The van der Waals surface area contributed by atoms with Crippen LogP contribution in [0.4, 0.5) is 0 Å². The van der Waals surface area contributed by atoms with Crippen molar-refractivity contribution in [2.75, 3.05) is 6.26 Å². The summed E-state index contributed by atoms with van der Waals surface area (Å²) >= 11 is 1.37. The zero-order valence-electron chi connectivity index (χ0n) is 15.8. The molecule has 0 bridgehead atoms. The van der Waals surface area contributed by atoms with Gasteiger partial charge in [-0.15, -0.1) is 5.10 Å². The van der Waals surface area contributed by atoms with Crippen LogP contribution in [0.25, 0.3) is 27.8 Å². The number of H-pyrrole nitrogens is 1. The number of fused-ring (bicyclic) bond motifs is 2. The van der Waals surface area contributed by atoms with E-state index in [1.54, 1.807) is 41.4 Å². The molecule has 5 aromatic heterocycles. The van der Waals surface area contributed by atoms with Gasteiger partial charge in [0.15, 0.2) is 0 Å². The van der Waals surface area contributed by atoms with Crippen LogP contribution in [-0.4, -0.2) is 40.5 Å². The van der Waals surface area contributed by atoms with Gasteiger partial charge in [0.25, 0.3) is 11.1 Å². The molecule has 0 aliphatic heterocycles. The number of nitrogens with one attached hydrogen (secondary N) is 1. The summed E-state index contributed by atoms with van der Waals surface area (Å²) in [5.74, 6) is 0.312.